The van der Waals surface area contributed by atoms with Gasteiger partial charge in [-0.2, -0.15) is 0 Å². The number of aliphatic hydroxyl groups is 1. The molecule has 1 saturated heterocycles. The highest BCUT2D eigenvalue weighted by Crippen LogP contribution is 2.44. The van der Waals surface area contributed by atoms with Gasteiger partial charge in [0.2, 0.25) is 0 Å². The van der Waals surface area contributed by atoms with Crippen LogP contribution in [0.1, 0.15) is 96.9 Å². The van der Waals surface area contributed by atoms with Crippen LogP contribution in [0.2, 0.25) is 52.9 Å². The van der Waals surface area contributed by atoms with E-state index in [0.717, 1.165) is 36.3 Å². The number of epoxide rings is 1. The predicted molar refractivity (Wildman–Crippen MR) is 175 cm³/mol. The summed E-state index contributed by atoms with van der Waals surface area (Å²) in [6.45, 7) is 33.5. The van der Waals surface area contributed by atoms with Gasteiger partial charge in [-0.25, -0.2) is 0 Å². The molecule has 0 aromatic rings. The van der Waals surface area contributed by atoms with Crippen molar-refractivity contribution in [1.29, 1.82) is 0 Å². The van der Waals surface area contributed by atoms with Crippen LogP contribution in [-0.4, -0.2) is 67.7 Å². The molecule has 0 unspecified atom stereocenters. The molecule has 5 nitrogen and oxygen atoms in total. The van der Waals surface area contributed by atoms with E-state index in [9.17, 15) is 5.11 Å². The normalized spacial score (nSPS) is 22.0. The number of rotatable bonds is 21. The Morgan fingerprint density at radius 3 is 1.41 bits per heavy atom. The molecule has 0 amide bonds. The summed E-state index contributed by atoms with van der Waals surface area (Å²) in [6.07, 6.45) is 0.0169. The Hall–Kier alpha value is 0.451. The van der Waals surface area contributed by atoms with Crippen LogP contribution >= 0.6 is 0 Å². The summed E-state index contributed by atoms with van der Waals surface area (Å²) < 4.78 is 27.9. The summed E-state index contributed by atoms with van der Waals surface area (Å²) in [4.78, 5) is 0. The second kappa shape index (κ2) is 16.3. The van der Waals surface area contributed by atoms with Crippen LogP contribution in [0, 0.1) is 11.8 Å². The molecule has 0 aromatic carbocycles. The van der Waals surface area contributed by atoms with Crippen LogP contribution in [0.15, 0.2) is 0 Å². The Morgan fingerprint density at radius 2 is 1.08 bits per heavy atom. The maximum atomic E-state index is 9.81. The number of hydrogen-bond donors (Lipinski definition) is 1. The Balaban J connectivity index is 3.55. The fraction of sp³-hybridized carbons (Fsp3) is 1.00. The van der Waals surface area contributed by atoms with Crippen molar-refractivity contribution in [1.82, 2.24) is 0 Å². The number of aliphatic hydroxyl groups excluding tert-OH is 1. The number of ether oxygens (including phenoxy) is 1. The van der Waals surface area contributed by atoms with Crippen molar-refractivity contribution >= 4 is 25.0 Å². The molecule has 234 valence electrons. The molecule has 0 saturated carbocycles. The minimum absolute atomic E-state index is 0.00399. The molecule has 1 rings (SSSR count). The van der Waals surface area contributed by atoms with Crippen molar-refractivity contribution in [3.8, 4) is 0 Å². The van der Waals surface area contributed by atoms with Crippen molar-refractivity contribution in [2.75, 3.05) is 13.2 Å². The summed E-state index contributed by atoms with van der Waals surface area (Å²) in [5.41, 5.74) is 1.61. The average Bonchev–Trinajstić information content (AvgIpc) is 3.71. The van der Waals surface area contributed by atoms with E-state index in [0.29, 0.717) is 23.2 Å². The van der Waals surface area contributed by atoms with Gasteiger partial charge in [-0.1, -0.05) is 96.9 Å². The molecule has 39 heavy (non-hydrogen) atoms. The Morgan fingerprint density at radius 1 is 0.667 bits per heavy atom. The molecule has 1 heterocycles. The van der Waals surface area contributed by atoms with E-state index >= 15 is 0 Å². The lowest BCUT2D eigenvalue weighted by Crippen LogP contribution is -2.54. The summed E-state index contributed by atoms with van der Waals surface area (Å²) >= 11 is 0. The maximum absolute atomic E-state index is 9.81. The third-order valence-electron chi connectivity index (χ3n) is 10.8. The standard InChI is InChI=1S/C31H68O5Si3/c1-15-37(16-2,17-3)35-29(22-33-39(23(7)8,24(9)10)25(11)12)26(13)30(27(14)31-28(21-32)34-31)36-38(18-4,19-5)20-6/h23-32H,15-22H2,1-14H3/t26-,27+,28+,29+,30-,31+/m1/s1. The van der Waals surface area contributed by atoms with Gasteiger partial charge < -0.3 is 23.1 Å². The third kappa shape index (κ3) is 8.74. The second-order valence-electron chi connectivity index (χ2n) is 13.4. The SMILES string of the molecule is CC[Si](CC)(CC)O[C@@H]([C@H](C)[C@@H]1O[C@H]1CO)[C@H](C)[C@H](CO[Si](C(C)C)(C(C)C)C(C)C)O[Si](CC)(CC)CC. The Kier molecular flexibility index (Phi) is 15.7. The fourth-order valence-corrected chi connectivity index (χ4v) is 18.9. The van der Waals surface area contributed by atoms with Crippen molar-refractivity contribution in [3.05, 3.63) is 0 Å². The smallest absolute Gasteiger partial charge is 0.200 e. The van der Waals surface area contributed by atoms with Crippen LogP contribution in [0.5, 0.6) is 0 Å². The molecule has 0 spiro atoms. The highest BCUT2D eigenvalue weighted by atomic mass is 28.4. The lowest BCUT2D eigenvalue weighted by molar-refractivity contribution is -0.0175. The first-order valence-electron chi connectivity index (χ1n) is 16.5. The minimum Gasteiger partial charge on any atom is -0.413 e. The van der Waals surface area contributed by atoms with Crippen LogP contribution in [0.3, 0.4) is 0 Å². The van der Waals surface area contributed by atoms with Gasteiger partial charge in [-0.3, -0.25) is 0 Å². The van der Waals surface area contributed by atoms with Crippen LogP contribution in [0.4, 0.5) is 0 Å². The average molecular weight is 605 g/mol. The van der Waals surface area contributed by atoms with E-state index in [1.54, 1.807) is 0 Å². The highest BCUT2D eigenvalue weighted by molar-refractivity contribution is 6.77. The zero-order chi connectivity index (χ0) is 30.2. The van der Waals surface area contributed by atoms with Crippen molar-refractivity contribution in [2.45, 2.75) is 174 Å². The van der Waals surface area contributed by atoms with Gasteiger partial charge in [-0.05, 0) is 52.9 Å². The summed E-state index contributed by atoms with van der Waals surface area (Å²) in [5.74, 6) is 0.373. The van der Waals surface area contributed by atoms with Crippen LogP contribution < -0.4 is 0 Å². The van der Waals surface area contributed by atoms with Gasteiger partial charge in [0, 0.05) is 11.8 Å². The molecule has 0 aromatic heterocycles. The quantitative estimate of drug-likeness (QED) is 0.105. The predicted octanol–water partition coefficient (Wildman–Crippen LogP) is 8.99. The van der Waals surface area contributed by atoms with Gasteiger partial charge in [0.15, 0.2) is 25.0 Å². The monoisotopic (exact) mass is 604 g/mol. The third-order valence-corrected chi connectivity index (χ3v) is 26.2. The highest BCUT2D eigenvalue weighted by Gasteiger charge is 2.51. The molecule has 0 aliphatic carbocycles. The molecule has 1 N–H and O–H groups in total. The minimum atomic E-state index is -2.05. The Bertz CT molecular complexity index is 643. The van der Waals surface area contributed by atoms with Crippen LogP contribution in [-0.2, 0) is 18.0 Å². The first-order valence-corrected chi connectivity index (χ1v) is 23.7. The molecule has 1 aliphatic rings. The van der Waals surface area contributed by atoms with Gasteiger partial charge >= 0.3 is 0 Å². The van der Waals surface area contributed by atoms with E-state index in [1.165, 1.54) is 0 Å². The first kappa shape index (κ1) is 37.5. The summed E-state index contributed by atoms with van der Waals surface area (Å²) in [6, 6.07) is 6.74. The van der Waals surface area contributed by atoms with E-state index in [1.807, 2.05) is 0 Å². The zero-order valence-electron chi connectivity index (χ0n) is 28.4. The van der Waals surface area contributed by atoms with Crippen molar-refractivity contribution in [3.63, 3.8) is 0 Å². The lowest BCUT2D eigenvalue weighted by atomic mass is 9.87. The van der Waals surface area contributed by atoms with Gasteiger partial charge in [0.25, 0.3) is 0 Å². The molecule has 0 radical (unpaired) electrons. The molecular formula is C31H68O5Si3. The molecule has 0 bridgehead atoms. The zero-order valence-corrected chi connectivity index (χ0v) is 31.4. The Labute approximate surface area is 246 Å². The molecule has 1 fully saturated rings. The van der Waals surface area contributed by atoms with E-state index in [2.05, 4.69) is 96.9 Å². The van der Waals surface area contributed by atoms with Crippen molar-refractivity contribution in [2.24, 2.45) is 11.8 Å². The summed E-state index contributed by atoms with van der Waals surface area (Å²) in [5, 5.41) is 9.81. The van der Waals surface area contributed by atoms with E-state index in [-0.39, 0.29) is 42.9 Å². The van der Waals surface area contributed by atoms with Crippen molar-refractivity contribution < 1.29 is 23.1 Å². The molecule has 8 heteroatoms. The van der Waals surface area contributed by atoms with Gasteiger partial charge in [0.1, 0.15) is 6.10 Å². The van der Waals surface area contributed by atoms with Crippen LogP contribution in [0.25, 0.3) is 0 Å². The van der Waals surface area contributed by atoms with Gasteiger partial charge in [-0.15, -0.1) is 0 Å². The fourth-order valence-electron chi connectivity index (χ4n) is 7.49. The molecule has 1 aliphatic heterocycles. The molecular weight excluding hydrogens is 537 g/mol. The molecule has 6 atom stereocenters. The lowest BCUT2D eigenvalue weighted by Gasteiger charge is -2.46. The van der Waals surface area contributed by atoms with E-state index in [4.69, 9.17) is 18.0 Å². The second-order valence-corrected chi connectivity index (χ2v) is 28.3. The van der Waals surface area contributed by atoms with Gasteiger partial charge in [0.05, 0.1) is 31.5 Å². The number of hydrogen-bond acceptors (Lipinski definition) is 5. The van der Waals surface area contributed by atoms with E-state index < -0.39 is 25.0 Å². The largest absolute Gasteiger partial charge is 0.413 e. The summed E-state index contributed by atoms with van der Waals surface area (Å²) in [7, 11) is -5.84. The maximum Gasteiger partial charge on any atom is 0.200 e. The topological polar surface area (TPSA) is 60.5 Å². The first-order chi connectivity index (χ1) is 18.2.